The summed E-state index contributed by atoms with van der Waals surface area (Å²) in [4.78, 5) is 21.7. The molecular weight excluding hydrogens is 782 g/mol. The number of unbranched alkanes of at least 4 members (excludes halogenated alkanes) is 2. The van der Waals surface area contributed by atoms with Crippen LogP contribution < -0.4 is 9.47 Å². The number of halogens is 3. The summed E-state index contributed by atoms with van der Waals surface area (Å²) in [7, 11) is 0. The van der Waals surface area contributed by atoms with Crippen molar-refractivity contribution in [3.05, 3.63) is 119 Å². The second kappa shape index (κ2) is 21.2. The zero-order chi connectivity index (χ0) is 41.8. The number of rotatable bonds is 21. The maximum absolute atomic E-state index is 14.7. The molecule has 10 nitrogen and oxygen atoms in total. The number of hydrogen-bond acceptors (Lipinski definition) is 9. The summed E-state index contributed by atoms with van der Waals surface area (Å²) in [6, 6.07) is 17.1. The van der Waals surface area contributed by atoms with E-state index in [0.29, 0.717) is 47.8 Å². The molecule has 6 rings (SSSR count). The van der Waals surface area contributed by atoms with E-state index in [1.807, 2.05) is 19.1 Å². The van der Waals surface area contributed by atoms with Gasteiger partial charge in [-0.25, -0.2) is 13.6 Å². The number of oxime groups is 1. The predicted molar refractivity (Wildman–Crippen MR) is 221 cm³/mol. The molecule has 0 saturated heterocycles. The van der Waals surface area contributed by atoms with Gasteiger partial charge >= 0.3 is 6.09 Å². The molecule has 1 fully saturated rings. The molecule has 3 aromatic rings. The van der Waals surface area contributed by atoms with E-state index in [1.165, 1.54) is 18.2 Å². The van der Waals surface area contributed by atoms with Crippen molar-refractivity contribution < 1.29 is 47.6 Å². The Balaban J connectivity index is 1.57. The van der Waals surface area contributed by atoms with Gasteiger partial charge in [0.15, 0.2) is 0 Å². The Morgan fingerprint density at radius 1 is 1.05 bits per heavy atom. The molecule has 0 radical (unpaired) electrons. The number of fused-ring (bicyclic) bond motifs is 2. The number of nitrogens with zero attached hydrogens (tertiary/aromatic N) is 2. The number of carbonyl (C=O) groups is 1. The Bertz CT molecular complexity index is 1930. The first-order valence-electron chi connectivity index (χ1n) is 20.6. The van der Waals surface area contributed by atoms with Crippen LogP contribution in [0.2, 0.25) is 0 Å². The van der Waals surface area contributed by atoms with Crippen LogP contribution in [-0.2, 0) is 27.5 Å². The van der Waals surface area contributed by atoms with E-state index in [0.717, 1.165) is 36.8 Å². The van der Waals surface area contributed by atoms with Crippen LogP contribution in [0.25, 0.3) is 0 Å². The molecule has 3 aliphatic rings. The minimum Gasteiger partial charge on any atom is -0.489 e. The summed E-state index contributed by atoms with van der Waals surface area (Å²) in [5.74, 6) is -2.06. The molecule has 2 N–H and O–H groups in total. The molecule has 6 atom stereocenters. The molecule has 59 heavy (non-hydrogen) atoms. The number of carbonyl (C=O) groups excluding carboxylic acids is 1. The molecule has 1 heterocycles. The Morgan fingerprint density at radius 2 is 1.81 bits per heavy atom. The van der Waals surface area contributed by atoms with Crippen molar-refractivity contribution in [1.29, 1.82) is 0 Å². The Labute approximate surface area is 350 Å². The fourth-order valence-corrected chi connectivity index (χ4v) is 9.03. The van der Waals surface area contributed by atoms with Crippen molar-refractivity contribution in [3.8, 4) is 11.5 Å². The van der Waals surface area contributed by atoms with Crippen LogP contribution in [0.3, 0.4) is 0 Å². The van der Waals surface area contributed by atoms with Gasteiger partial charge in [0.05, 0.1) is 24.1 Å². The third kappa shape index (κ3) is 10.1. The Morgan fingerprint density at radius 3 is 2.53 bits per heavy atom. The number of aliphatic hydroxyl groups is 2. The molecule has 0 aromatic heterocycles. The van der Waals surface area contributed by atoms with Gasteiger partial charge in [-0.2, -0.15) is 0 Å². The molecule has 0 unspecified atom stereocenters. The third-order valence-electron chi connectivity index (χ3n) is 11.5. The average Bonchev–Trinajstić information content (AvgIpc) is 3.25. The second-order valence-corrected chi connectivity index (χ2v) is 15.5. The van der Waals surface area contributed by atoms with Crippen LogP contribution in [0.15, 0.2) is 96.2 Å². The maximum atomic E-state index is 14.7. The van der Waals surface area contributed by atoms with Crippen LogP contribution in [-0.4, -0.2) is 77.7 Å². The average molecular weight is 837 g/mol. The van der Waals surface area contributed by atoms with E-state index in [4.69, 9.17) is 40.5 Å². The highest BCUT2D eigenvalue weighted by atomic mass is 35.5. The van der Waals surface area contributed by atoms with Gasteiger partial charge in [0.25, 0.3) is 0 Å². The SMILES string of the molecule is C=CCO[C@@]12Oc3ccc(OCc4ccccc4F)cc3[C@H]3[C@H](CCCCO)[C@@H](CCCCO)C=C(C(=NOCC)C[C@@H]1N(Cc1ccc(F)cc1)C(=O)OCCCl)[C@H]32. The lowest BCUT2D eigenvalue weighted by Gasteiger charge is -2.59. The van der Waals surface area contributed by atoms with Crippen molar-refractivity contribution in [3.63, 3.8) is 0 Å². The second-order valence-electron chi connectivity index (χ2n) is 15.1. The van der Waals surface area contributed by atoms with Gasteiger partial charge in [-0.15, -0.1) is 18.2 Å². The van der Waals surface area contributed by atoms with E-state index in [-0.39, 0.29) is 75.5 Å². The fraction of sp³-hybridized carbons (Fsp3) is 0.478. The first-order valence-corrected chi connectivity index (χ1v) is 21.1. The predicted octanol–water partition coefficient (Wildman–Crippen LogP) is 9.07. The van der Waals surface area contributed by atoms with E-state index in [1.54, 1.807) is 47.4 Å². The van der Waals surface area contributed by atoms with Crippen molar-refractivity contribution in [1.82, 2.24) is 4.90 Å². The zero-order valence-corrected chi connectivity index (χ0v) is 34.3. The van der Waals surface area contributed by atoms with Crippen LogP contribution in [0, 0.1) is 29.4 Å². The number of aliphatic hydroxyl groups excluding tert-OH is 2. The number of hydrogen-bond donors (Lipinski definition) is 2. The lowest BCUT2D eigenvalue weighted by Crippen LogP contribution is -2.70. The van der Waals surface area contributed by atoms with Gasteiger partial charge in [0.2, 0.25) is 5.79 Å². The van der Waals surface area contributed by atoms with Gasteiger partial charge in [-0.1, -0.05) is 60.5 Å². The molecule has 3 aromatic carbocycles. The van der Waals surface area contributed by atoms with Crippen molar-refractivity contribution >= 4 is 23.4 Å². The highest BCUT2D eigenvalue weighted by Crippen LogP contribution is 2.62. The Hall–Kier alpha value is -4.49. The molecule has 1 saturated carbocycles. The number of ether oxygens (including phenoxy) is 4. The lowest BCUT2D eigenvalue weighted by atomic mass is 9.55. The smallest absolute Gasteiger partial charge is 0.410 e. The molecule has 2 aliphatic carbocycles. The lowest BCUT2D eigenvalue weighted by molar-refractivity contribution is -0.256. The van der Waals surface area contributed by atoms with Crippen LogP contribution in [0.5, 0.6) is 11.5 Å². The highest BCUT2D eigenvalue weighted by Gasteiger charge is 2.65. The molecular formula is C46H55ClF2N2O8. The van der Waals surface area contributed by atoms with Crippen molar-refractivity contribution in [2.45, 2.75) is 82.8 Å². The summed E-state index contributed by atoms with van der Waals surface area (Å²) >= 11 is 6.03. The number of alkyl halides is 1. The van der Waals surface area contributed by atoms with Crippen molar-refractivity contribution in [2.24, 2.45) is 22.9 Å². The van der Waals surface area contributed by atoms with Gasteiger partial charge in [0, 0.05) is 43.2 Å². The largest absolute Gasteiger partial charge is 0.489 e. The highest BCUT2D eigenvalue weighted by molar-refractivity contribution is 6.18. The van der Waals surface area contributed by atoms with E-state index < -0.39 is 29.7 Å². The number of allylic oxidation sites excluding steroid dienone is 1. The molecule has 13 heteroatoms. The molecule has 1 amide bonds. The topological polar surface area (TPSA) is 119 Å². The monoisotopic (exact) mass is 836 g/mol. The van der Waals surface area contributed by atoms with Gasteiger partial charge in [-0.05, 0) is 92.0 Å². The molecule has 0 spiro atoms. The van der Waals surface area contributed by atoms with Crippen LogP contribution in [0.1, 0.15) is 74.5 Å². The van der Waals surface area contributed by atoms with Gasteiger partial charge < -0.3 is 34.0 Å². The minimum absolute atomic E-state index is 0.0116. The normalized spacial score (nSPS) is 23.7. The first kappa shape index (κ1) is 44.1. The summed E-state index contributed by atoms with van der Waals surface area (Å²) in [5, 5.41) is 24.4. The molecule has 0 bridgehead atoms. The van der Waals surface area contributed by atoms with Crippen LogP contribution >= 0.6 is 11.6 Å². The van der Waals surface area contributed by atoms with Gasteiger partial charge in [-0.3, -0.25) is 4.90 Å². The maximum Gasteiger partial charge on any atom is 0.410 e. The molecule has 1 aliphatic heterocycles. The van der Waals surface area contributed by atoms with Crippen molar-refractivity contribution in [2.75, 3.05) is 38.9 Å². The first-order chi connectivity index (χ1) is 28.8. The standard InChI is InChI=1S/C46H55ClF2N2O8/c1-3-24-57-46-42(51(45(54)55-25-21-47)29-31-15-17-34(48)18-16-31)28-40(50-58-4-2)37-26-32(11-7-9-22-52)36(13-8-10-23-53)43(44(37)46)38-27-35(19-20-41(38)59-46)56-30-33-12-5-6-14-39(33)49/h3,5-6,12,14-20,26-27,32,36,42-44,52-53H,1,4,7-11,13,21-25,28-30H2,2H3/t32-,36+,42-,43+,44+,46+/m0/s1. The molecule has 318 valence electrons. The fourth-order valence-electron chi connectivity index (χ4n) is 8.95. The zero-order valence-electron chi connectivity index (χ0n) is 33.6. The number of benzene rings is 3. The summed E-state index contributed by atoms with van der Waals surface area (Å²) in [6.45, 7) is 6.30. The Kier molecular flexibility index (Phi) is 15.8. The van der Waals surface area contributed by atoms with E-state index in [2.05, 4.69) is 12.7 Å². The quantitative estimate of drug-likeness (QED) is 0.0473. The third-order valence-corrected chi connectivity index (χ3v) is 11.6. The minimum atomic E-state index is -1.54. The van der Waals surface area contributed by atoms with Crippen LogP contribution in [0.4, 0.5) is 13.6 Å². The van der Waals surface area contributed by atoms with E-state index in [9.17, 15) is 23.8 Å². The number of amides is 1. The summed E-state index contributed by atoms with van der Waals surface area (Å²) in [6.07, 6.45) is 7.69. The van der Waals surface area contributed by atoms with E-state index >= 15 is 0 Å². The summed E-state index contributed by atoms with van der Waals surface area (Å²) < 4.78 is 55.1. The summed E-state index contributed by atoms with van der Waals surface area (Å²) in [5.41, 5.74) is 3.42. The van der Waals surface area contributed by atoms with Gasteiger partial charge in [0.1, 0.15) is 49.0 Å².